The Morgan fingerprint density at radius 3 is 2.37 bits per heavy atom. The number of aliphatic carboxylic acids is 1. The smallest absolute Gasteiger partial charge is 0.416 e. The Hall–Kier alpha value is -4.10. The molecule has 2 N–H and O–H groups in total. The van der Waals surface area contributed by atoms with E-state index in [1.54, 1.807) is 20.1 Å². The van der Waals surface area contributed by atoms with Crippen LogP contribution in [0.25, 0.3) is 11.1 Å². The van der Waals surface area contributed by atoms with Crippen LogP contribution in [0.15, 0.2) is 41.3 Å². The molecule has 0 aliphatic carbocycles. The van der Waals surface area contributed by atoms with Crippen LogP contribution in [0, 0.1) is 25.5 Å². The van der Waals surface area contributed by atoms with E-state index in [1.165, 1.54) is 25.1 Å². The van der Waals surface area contributed by atoms with Crippen LogP contribution in [0.4, 0.5) is 22.0 Å². The number of carbonyl (C=O) groups excluding carboxylic acids is 1. The zero-order valence-electron chi connectivity index (χ0n) is 29.0. The minimum Gasteiger partial charge on any atom is -0.481 e. The second-order valence-electron chi connectivity index (χ2n) is 13.8. The summed E-state index contributed by atoms with van der Waals surface area (Å²) in [4.78, 5) is 41.6. The number of amides is 1. The summed E-state index contributed by atoms with van der Waals surface area (Å²) in [5.74, 6) is -3.28. The first-order valence-corrected chi connectivity index (χ1v) is 17.3. The van der Waals surface area contributed by atoms with E-state index < -0.39 is 59.3 Å². The molecule has 3 heterocycles. The molecule has 2 aliphatic rings. The molecule has 2 bridgehead atoms. The topological polar surface area (TPSA) is 101 Å². The lowest BCUT2D eigenvalue weighted by molar-refractivity contribution is -0.139. The molecular formula is C38H44F5N3O5. The first kappa shape index (κ1) is 38.1. The Bertz CT molecular complexity index is 1820. The van der Waals surface area contributed by atoms with E-state index in [-0.39, 0.29) is 42.2 Å². The molecule has 2 aromatic carbocycles. The first-order chi connectivity index (χ1) is 24.2. The van der Waals surface area contributed by atoms with Gasteiger partial charge in [-0.1, -0.05) is 25.7 Å². The predicted octanol–water partition coefficient (Wildman–Crippen LogP) is 7.07. The van der Waals surface area contributed by atoms with Gasteiger partial charge in [0.1, 0.15) is 17.7 Å². The summed E-state index contributed by atoms with van der Waals surface area (Å²) in [5.41, 5.74) is 0.417. The van der Waals surface area contributed by atoms with Crippen molar-refractivity contribution in [1.29, 1.82) is 0 Å². The third-order valence-corrected chi connectivity index (χ3v) is 10.0. The van der Waals surface area contributed by atoms with Gasteiger partial charge >= 0.3 is 12.1 Å². The highest BCUT2D eigenvalue weighted by Gasteiger charge is 2.36. The Kier molecular flexibility index (Phi) is 12.0. The van der Waals surface area contributed by atoms with Gasteiger partial charge in [0.2, 0.25) is 5.91 Å². The van der Waals surface area contributed by atoms with Gasteiger partial charge in [-0.15, -0.1) is 0 Å². The number of carboxylic acid groups (broad SMARTS) is 1. The molecule has 1 amide bonds. The van der Waals surface area contributed by atoms with Crippen LogP contribution in [-0.4, -0.2) is 59.3 Å². The molecule has 5 rings (SSSR count). The van der Waals surface area contributed by atoms with Crippen LogP contribution in [0.3, 0.4) is 0 Å². The number of benzene rings is 2. The third kappa shape index (κ3) is 9.04. The summed E-state index contributed by atoms with van der Waals surface area (Å²) in [6.07, 6.45) is -0.507. The fourth-order valence-corrected chi connectivity index (χ4v) is 7.31. The summed E-state index contributed by atoms with van der Waals surface area (Å²) in [6.45, 7) is 4.67. The molecular weight excluding hydrogens is 673 g/mol. The highest BCUT2D eigenvalue weighted by molar-refractivity contribution is 5.82. The lowest BCUT2D eigenvalue weighted by Gasteiger charge is -2.38. The lowest BCUT2D eigenvalue weighted by atomic mass is 9.88. The first-order valence-electron chi connectivity index (χ1n) is 17.3. The zero-order chi connectivity index (χ0) is 37.0. The molecule has 1 aromatic heterocycles. The minimum absolute atomic E-state index is 0.00189. The number of ether oxygens (including phenoxy) is 1. The van der Waals surface area contributed by atoms with Crippen molar-refractivity contribution in [3.8, 4) is 11.1 Å². The molecule has 8 nitrogen and oxygen atoms in total. The molecule has 1 saturated heterocycles. The number of pyridine rings is 1. The number of aryl methyl sites for hydroxylation is 3. The standard InChI is InChI=1S/C38H44F5N3O5/c1-22-14-27(39)15-24-9-7-5-4-6-8-10-32(37(50)44-31(18-34(48)49)29-16-26(35(22)24)13-23(2)36(29)40)46-19-25(11-12-45-20-28(21-45)51-3)30(17-33(46)47)38(41,42)43/h13-17,19,28,31-32H,4-12,18,20-21H2,1-3H3,(H,44,50)(H,48,49)/t31-,32-/m0/s1. The summed E-state index contributed by atoms with van der Waals surface area (Å²) in [6, 6.07) is 3.74. The van der Waals surface area contributed by atoms with Gasteiger partial charge in [0.25, 0.3) is 5.56 Å². The third-order valence-electron chi connectivity index (χ3n) is 10.0. The molecule has 0 spiro atoms. The van der Waals surface area contributed by atoms with Crippen LogP contribution < -0.4 is 10.9 Å². The lowest BCUT2D eigenvalue weighted by Crippen LogP contribution is -2.52. The second-order valence-corrected chi connectivity index (χ2v) is 13.8. The van der Waals surface area contributed by atoms with Gasteiger partial charge in [-0.3, -0.25) is 19.3 Å². The molecule has 3 aromatic rings. The number of carboxylic acids is 1. The molecule has 13 heteroatoms. The number of hydrogen-bond donors (Lipinski definition) is 2. The average Bonchev–Trinajstić information content (AvgIpc) is 3.02. The van der Waals surface area contributed by atoms with Gasteiger partial charge in [-0.05, 0) is 97.2 Å². The number of nitrogens with zero attached hydrogens (tertiary/aromatic N) is 2. The van der Waals surface area contributed by atoms with Crippen molar-refractivity contribution in [1.82, 2.24) is 14.8 Å². The number of rotatable bonds is 7. The Morgan fingerprint density at radius 2 is 1.69 bits per heavy atom. The van der Waals surface area contributed by atoms with Crippen molar-refractivity contribution in [2.24, 2.45) is 0 Å². The van der Waals surface area contributed by atoms with E-state index >= 15 is 4.39 Å². The maximum Gasteiger partial charge on any atom is 0.416 e. The van der Waals surface area contributed by atoms with Crippen molar-refractivity contribution in [3.63, 3.8) is 0 Å². The number of halogens is 5. The molecule has 51 heavy (non-hydrogen) atoms. The Morgan fingerprint density at radius 1 is 0.980 bits per heavy atom. The maximum absolute atomic E-state index is 15.9. The fraction of sp³-hybridized carbons (Fsp3) is 0.500. The van der Waals surface area contributed by atoms with E-state index in [0.29, 0.717) is 55.1 Å². The van der Waals surface area contributed by atoms with E-state index in [0.717, 1.165) is 35.6 Å². The number of fused-ring (bicyclic) bond motifs is 4. The fourth-order valence-electron chi connectivity index (χ4n) is 7.31. The van der Waals surface area contributed by atoms with Gasteiger partial charge in [0.15, 0.2) is 0 Å². The predicted molar refractivity (Wildman–Crippen MR) is 181 cm³/mol. The van der Waals surface area contributed by atoms with Crippen molar-refractivity contribution in [2.75, 3.05) is 26.7 Å². The monoisotopic (exact) mass is 717 g/mol. The van der Waals surface area contributed by atoms with E-state index in [9.17, 15) is 37.1 Å². The van der Waals surface area contributed by atoms with Crippen LogP contribution in [0.1, 0.15) is 90.4 Å². The van der Waals surface area contributed by atoms with E-state index in [4.69, 9.17) is 4.74 Å². The van der Waals surface area contributed by atoms with Gasteiger partial charge in [-0.2, -0.15) is 13.2 Å². The van der Waals surface area contributed by atoms with Crippen molar-refractivity contribution in [3.05, 3.63) is 91.9 Å². The number of aromatic nitrogens is 1. The van der Waals surface area contributed by atoms with Gasteiger partial charge in [-0.25, -0.2) is 8.78 Å². The largest absolute Gasteiger partial charge is 0.481 e. The molecule has 0 saturated carbocycles. The van der Waals surface area contributed by atoms with Gasteiger partial charge < -0.3 is 19.7 Å². The number of nitrogens with one attached hydrogen (secondary N) is 1. The quantitative estimate of drug-likeness (QED) is 0.254. The average molecular weight is 718 g/mol. The number of hydrogen-bond acceptors (Lipinski definition) is 5. The molecule has 2 atom stereocenters. The number of methoxy groups -OCH3 is 1. The van der Waals surface area contributed by atoms with Gasteiger partial charge in [0.05, 0.1) is 24.1 Å². The van der Waals surface area contributed by atoms with Crippen LogP contribution in [0.5, 0.6) is 0 Å². The highest BCUT2D eigenvalue weighted by Crippen LogP contribution is 2.36. The second kappa shape index (κ2) is 16.1. The van der Waals surface area contributed by atoms with Gasteiger partial charge in [0, 0.05) is 44.6 Å². The van der Waals surface area contributed by atoms with Crippen molar-refractivity contribution >= 4 is 11.9 Å². The molecule has 0 radical (unpaired) electrons. The van der Waals surface area contributed by atoms with E-state index in [1.807, 2.05) is 4.90 Å². The van der Waals surface area contributed by atoms with Crippen molar-refractivity contribution in [2.45, 2.75) is 96.0 Å². The van der Waals surface area contributed by atoms with E-state index in [2.05, 4.69) is 5.32 Å². The summed E-state index contributed by atoms with van der Waals surface area (Å²) in [5, 5.41) is 12.5. The number of likely N-dealkylation sites (tertiary alicyclic amines) is 1. The highest BCUT2D eigenvalue weighted by atomic mass is 19.4. The van der Waals surface area contributed by atoms with Crippen molar-refractivity contribution < 1.29 is 41.4 Å². The van der Waals surface area contributed by atoms with Crippen LogP contribution in [-0.2, 0) is 33.3 Å². The van der Waals surface area contributed by atoms with Crippen LogP contribution >= 0.6 is 0 Å². The molecule has 276 valence electrons. The summed E-state index contributed by atoms with van der Waals surface area (Å²) < 4.78 is 79.2. The molecule has 2 aliphatic heterocycles. The molecule has 0 unspecified atom stereocenters. The summed E-state index contributed by atoms with van der Waals surface area (Å²) in [7, 11) is 1.56. The molecule has 1 fully saturated rings. The summed E-state index contributed by atoms with van der Waals surface area (Å²) >= 11 is 0. The normalized spacial score (nSPS) is 19.6. The SMILES string of the molecule is COC1CN(CCc2cn([C@H]3CCCCCCCc4cc(F)cc(C)c4-c4cc(C)c(F)c(c4)[C@H](CC(=O)O)NC3=O)c(=O)cc2C(F)(F)F)C1. The number of alkyl halides is 3. The Labute approximate surface area is 293 Å². The Balaban J connectivity index is 1.57. The zero-order valence-corrected chi connectivity index (χ0v) is 29.0. The minimum atomic E-state index is -4.81. The van der Waals surface area contributed by atoms with Crippen LogP contribution in [0.2, 0.25) is 0 Å². The number of carbonyl (C=O) groups is 2. The maximum atomic E-state index is 15.9.